The molecule has 4 heterocycles. The van der Waals surface area contributed by atoms with Crippen LogP contribution in [0.15, 0.2) is 176 Å². The lowest BCUT2D eigenvalue weighted by Crippen LogP contribution is -1.99. The molecule has 0 saturated heterocycles. The van der Waals surface area contributed by atoms with Gasteiger partial charge in [0.1, 0.15) is 0 Å². The van der Waals surface area contributed by atoms with Crippen molar-refractivity contribution in [2.24, 2.45) is 0 Å². The zero-order valence-electron chi connectivity index (χ0n) is 29.8. The number of hydrogen-bond donors (Lipinski definition) is 0. The molecule has 0 N–H and O–H groups in total. The van der Waals surface area contributed by atoms with Crippen molar-refractivity contribution in [3.8, 4) is 67.9 Å². The fourth-order valence-corrected chi connectivity index (χ4v) is 9.66. The molecular weight excluding hydrogens is 723 g/mol. The Morgan fingerprint density at radius 3 is 1.55 bits per heavy atom. The SMILES string of the molecule is c1ccc(-c2nc(-c3ccccc3)nc(-c3ccc4c(c3)sc3ccc(-c5cccc(-c6nc(-c7ccccc7)c7sc8ccccc8c7n6)c5)cc34)n2)cc1. The smallest absolute Gasteiger partial charge is 0.164 e. The summed E-state index contributed by atoms with van der Waals surface area (Å²) in [5.74, 6) is 2.69. The van der Waals surface area contributed by atoms with Gasteiger partial charge < -0.3 is 0 Å². The minimum absolute atomic E-state index is 0.654. The van der Waals surface area contributed by atoms with Crippen molar-refractivity contribution in [1.29, 1.82) is 0 Å². The standard InChI is InChI=1S/C49H29N5S2/c1-4-13-30(14-5-1)43-45-44(38-21-10-11-22-40(38)56-45)51-48(50-43)35-20-12-19-33(27-35)34-24-26-41-39(28-34)37-25-23-36(29-42(37)55-41)49-53-46(31-15-6-2-7-16-31)52-47(54-49)32-17-8-3-9-18-32/h1-29H. The fourth-order valence-electron chi connectivity index (χ4n) is 7.38. The summed E-state index contributed by atoms with van der Waals surface area (Å²) >= 11 is 3.54. The molecule has 0 bridgehead atoms. The monoisotopic (exact) mass is 751 g/mol. The van der Waals surface area contributed by atoms with Gasteiger partial charge in [0.05, 0.1) is 15.9 Å². The number of hydrogen-bond acceptors (Lipinski definition) is 7. The number of thiophene rings is 2. The highest BCUT2D eigenvalue weighted by molar-refractivity contribution is 7.26. The van der Waals surface area contributed by atoms with Crippen LogP contribution in [0, 0.1) is 0 Å². The highest BCUT2D eigenvalue weighted by atomic mass is 32.1. The van der Waals surface area contributed by atoms with Crippen LogP contribution in [0.4, 0.5) is 0 Å². The number of aromatic nitrogens is 5. The van der Waals surface area contributed by atoms with E-state index in [9.17, 15) is 0 Å². The largest absolute Gasteiger partial charge is 0.226 e. The Bertz CT molecular complexity index is 3190. The molecule has 0 saturated carbocycles. The van der Waals surface area contributed by atoms with Crippen molar-refractivity contribution in [3.05, 3.63) is 176 Å². The molecule has 56 heavy (non-hydrogen) atoms. The van der Waals surface area contributed by atoms with Crippen molar-refractivity contribution in [2.45, 2.75) is 0 Å². The van der Waals surface area contributed by atoms with E-state index >= 15 is 0 Å². The van der Waals surface area contributed by atoms with Crippen LogP contribution in [0.25, 0.3) is 108 Å². The molecule has 0 aliphatic rings. The third kappa shape index (κ3) is 5.73. The van der Waals surface area contributed by atoms with E-state index in [1.54, 1.807) is 22.7 Å². The predicted octanol–water partition coefficient (Wildman–Crippen LogP) is 13.4. The van der Waals surface area contributed by atoms with E-state index < -0.39 is 0 Å². The van der Waals surface area contributed by atoms with Gasteiger partial charge in [-0.3, -0.25) is 0 Å². The highest BCUT2D eigenvalue weighted by Crippen LogP contribution is 2.41. The first-order valence-corrected chi connectivity index (χ1v) is 20.0. The lowest BCUT2D eigenvalue weighted by atomic mass is 10.00. The van der Waals surface area contributed by atoms with Crippen molar-refractivity contribution in [3.63, 3.8) is 0 Å². The summed E-state index contributed by atoms with van der Waals surface area (Å²) in [6.45, 7) is 0. The molecule has 0 atom stereocenters. The van der Waals surface area contributed by atoms with Crippen molar-refractivity contribution < 1.29 is 0 Å². The van der Waals surface area contributed by atoms with Gasteiger partial charge in [-0.2, -0.15) is 0 Å². The second-order valence-corrected chi connectivity index (χ2v) is 15.8. The van der Waals surface area contributed by atoms with E-state index in [2.05, 4.69) is 109 Å². The normalized spacial score (nSPS) is 11.6. The lowest BCUT2D eigenvalue weighted by molar-refractivity contribution is 1.07. The summed E-state index contributed by atoms with van der Waals surface area (Å²) in [4.78, 5) is 25.2. The Balaban J connectivity index is 0.991. The topological polar surface area (TPSA) is 64.5 Å². The quantitative estimate of drug-likeness (QED) is 0.169. The van der Waals surface area contributed by atoms with Crippen molar-refractivity contribution in [2.75, 3.05) is 0 Å². The van der Waals surface area contributed by atoms with E-state index in [1.807, 2.05) is 66.7 Å². The predicted molar refractivity (Wildman–Crippen MR) is 234 cm³/mol. The highest BCUT2D eigenvalue weighted by Gasteiger charge is 2.18. The molecule has 0 fully saturated rings. The van der Waals surface area contributed by atoms with Crippen LogP contribution in [0.5, 0.6) is 0 Å². The van der Waals surface area contributed by atoms with Crippen LogP contribution in [0.2, 0.25) is 0 Å². The molecule has 11 aromatic rings. The molecule has 0 spiro atoms. The molecule has 0 amide bonds. The van der Waals surface area contributed by atoms with Crippen molar-refractivity contribution in [1.82, 2.24) is 24.9 Å². The summed E-state index contributed by atoms with van der Waals surface area (Å²) in [6.07, 6.45) is 0. The zero-order chi connectivity index (χ0) is 37.0. The average Bonchev–Trinajstić information content (AvgIpc) is 3.84. The Morgan fingerprint density at radius 1 is 0.286 bits per heavy atom. The van der Waals surface area contributed by atoms with E-state index in [0.717, 1.165) is 66.1 Å². The van der Waals surface area contributed by atoms with Crippen molar-refractivity contribution >= 4 is 63.1 Å². The van der Waals surface area contributed by atoms with Gasteiger partial charge in [-0.15, -0.1) is 22.7 Å². The number of nitrogens with zero attached hydrogens (tertiary/aromatic N) is 5. The molecule has 4 aromatic heterocycles. The first-order valence-electron chi connectivity index (χ1n) is 18.4. The van der Waals surface area contributed by atoms with E-state index in [-0.39, 0.29) is 0 Å². The van der Waals surface area contributed by atoms with Crippen LogP contribution in [-0.2, 0) is 0 Å². The number of rotatable bonds is 6. The van der Waals surface area contributed by atoms with Crippen LogP contribution in [-0.4, -0.2) is 24.9 Å². The molecule has 0 radical (unpaired) electrons. The molecule has 11 rings (SSSR count). The summed E-state index contributed by atoms with van der Waals surface area (Å²) in [6, 6.07) is 61.0. The third-order valence-electron chi connectivity index (χ3n) is 10.1. The molecule has 0 aliphatic carbocycles. The number of benzene rings is 7. The maximum absolute atomic E-state index is 5.22. The fraction of sp³-hybridized carbons (Fsp3) is 0. The zero-order valence-corrected chi connectivity index (χ0v) is 31.4. The summed E-state index contributed by atoms with van der Waals surface area (Å²) in [5.41, 5.74) is 9.16. The average molecular weight is 752 g/mol. The molecule has 0 unspecified atom stereocenters. The lowest BCUT2D eigenvalue weighted by Gasteiger charge is -2.09. The first kappa shape index (κ1) is 32.5. The molecule has 7 heteroatoms. The first-order chi connectivity index (χ1) is 27.7. The second kappa shape index (κ2) is 13.4. The Kier molecular flexibility index (Phi) is 7.79. The van der Waals surface area contributed by atoms with Gasteiger partial charge in [0, 0.05) is 58.1 Å². The minimum Gasteiger partial charge on any atom is -0.226 e. The Morgan fingerprint density at radius 2 is 0.821 bits per heavy atom. The molecule has 5 nitrogen and oxygen atoms in total. The maximum Gasteiger partial charge on any atom is 0.164 e. The van der Waals surface area contributed by atoms with Gasteiger partial charge in [0.2, 0.25) is 0 Å². The van der Waals surface area contributed by atoms with Gasteiger partial charge in [-0.1, -0.05) is 146 Å². The molecular formula is C49H29N5S2. The summed E-state index contributed by atoms with van der Waals surface area (Å²) in [7, 11) is 0. The Hall–Kier alpha value is -6.93. The van der Waals surface area contributed by atoms with Gasteiger partial charge >= 0.3 is 0 Å². The molecule has 7 aromatic carbocycles. The van der Waals surface area contributed by atoms with Crippen LogP contribution < -0.4 is 0 Å². The van der Waals surface area contributed by atoms with Gasteiger partial charge in [-0.25, -0.2) is 24.9 Å². The van der Waals surface area contributed by atoms with Crippen LogP contribution in [0.3, 0.4) is 0 Å². The Labute approximate surface area is 330 Å². The van der Waals surface area contributed by atoms with Crippen LogP contribution >= 0.6 is 22.7 Å². The van der Waals surface area contributed by atoms with Gasteiger partial charge in [-0.05, 0) is 41.5 Å². The molecule has 262 valence electrons. The number of fused-ring (bicyclic) bond motifs is 6. The van der Waals surface area contributed by atoms with Gasteiger partial charge in [0.15, 0.2) is 23.3 Å². The van der Waals surface area contributed by atoms with E-state index in [0.29, 0.717) is 17.5 Å². The summed E-state index contributed by atoms with van der Waals surface area (Å²) in [5, 5.41) is 3.59. The minimum atomic E-state index is 0.654. The van der Waals surface area contributed by atoms with Gasteiger partial charge in [0.25, 0.3) is 0 Å². The third-order valence-corrected chi connectivity index (χ3v) is 12.5. The molecule has 0 aliphatic heterocycles. The van der Waals surface area contributed by atoms with E-state index in [4.69, 9.17) is 24.9 Å². The van der Waals surface area contributed by atoms with Crippen LogP contribution in [0.1, 0.15) is 0 Å². The van der Waals surface area contributed by atoms with E-state index in [1.165, 1.54) is 24.9 Å². The second-order valence-electron chi connectivity index (χ2n) is 13.7. The summed E-state index contributed by atoms with van der Waals surface area (Å²) < 4.78 is 4.74. The maximum atomic E-state index is 5.22.